The van der Waals surface area contributed by atoms with Gasteiger partial charge in [0.15, 0.2) is 6.10 Å². The van der Waals surface area contributed by atoms with Gasteiger partial charge in [0.2, 0.25) is 0 Å². The lowest BCUT2D eigenvalue weighted by Gasteiger charge is -2.18. The van der Waals surface area contributed by atoms with Crippen LogP contribution in [0.3, 0.4) is 0 Å². The van der Waals surface area contributed by atoms with Gasteiger partial charge in [0, 0.05) is 19.3 Å². The van der Waals surface area contributed by atoms with Gasteiger partial charge < -0.3 is 14.2 Å². The zero-order valence-electron chi connectivity index (χ0n) is 51.1. The fraction of sp³-hybridized carbons (Fsp3) is 0.928. The number of rotatable bonds is 64. The van der Waals surface area contributed by atoms with Crippen LogP contribution in [0.4, 0.5) is 0 Å². The number of hydrogen-bond acceptors (Lipinski definition) is 6. The Morgan fingerprint density at radius 3 is 0.667 bits per heavy atom. The van der Waals surface area contributed by atoms with E-state index in [9.17, 15) is 14.4 Å². The van der Waals surface area contributed by atoms with Crippen molar-refractivity contribution in [3.8, 4) is 0 Å². The zero-order valence-corrected chi connectivity index (χ0v) is 51.1. The second-order valence-electron chi connectivity index (χ2n) is 23.5. The van der Waals surface area contributed by atoms with E-state index >= 15 is 0 Å². The molecule has 0 bridgehead atoms. The summed E-state index contributed by atoms with van der Waals surface area (Å²) in [4.78, 5) is 38.2. The van der Waals surface area contributed by atoms with Gasteiger partial charge in [0.05, 0.1) is 0 Å². The molecular weight excluding hydrogens is 925 g/mol. The standard InChI is InChI=1S/C69H132O6/c1-4-7-10-13-16-19-21-23-25-27-28-29-30-31-32-33-34-35-36-37-38-39-40-42-43-45-47-50-53-56-59-62-68(71)74-65-66(64-73-67(70)61-58-55-52-49-18-15-12-9-6-3)75-69(72)63-60-57-54-51-48-46-44-41-26-24-22-20-17-14-11-8-5-2/h27-28,66H,4-26,29-65H2,1-3H3/b28-27-. The quantitative estimate of drug-likeness (QED) is 0.0261. The Morgan fingerprint density at radius 2 is 0.440 bits per heavy atom. The van der Waals surface area contributed by atoms with Crippen LogP contribution < -0.4 is 0 Å². The zero-order chi connectivity index (χ0) is 54.3. The van der Waals surface area contributed by atoms with E-state index in [2.05, 4.69) is 32.9 Å². The number of ether oxygens (including phenoxy) is 3. The van der Waals surface area contributed by atoms with Crippen LogP contribution in [0.25, 0.3) is 0 Å². The fourth-order valence-electron chi connectivity index (χ4n) is 10.6. The third kappa shape index (κ3) is 62.9. The van der Waals surface area contributed by atoms with Gasteiger partial charge in [-0.15, -0.1) is 0 Å². The van der Waals surface area contributed by atoms with E-state index < -0.39 is 6.10 Å². The molecule has 0 aliphatic rings. The van der Waals surface area contributed by atoms with E-state index in [-0.39, 0.29) is 31.1 Å². The number of esters is 3. The molecule has 0 aliphatic carbocycles. The molecule has 6 nitrogen and oxygen atoms in total. The highest BCUT2D eigenvalue weighted by Gasteiger charge is 2.19. The molecular formula is C69H132O6. The Hall–Kier alpha value is -1.85. The average Bonchev–Trinajstić information content (AvgIpc) is 3.41. The minimum absolute atomic E-state index is 0.0625. The smallest absolute Gasteiger partial charge is 0.306 e. The molecule has 1 atom stereocenters. The number of carbonyl (C=O) groups excluding carboxylic acids is 3. The second kappa shape index (κ2) is 64.7. The largest absolute Gasteiger partial charge is 0.462 e. The lowest BCUT2D eigenvalue weighted by molar-refractivity contribution is -0.167. The van der Waals surface area contributed by atoms with Gasteiger partial charge in [-0.2, -0.15) is 0 Å². The van der Waals surface area contributed by atoms with Gasteiger partial charge in [-0.1, -0.05) is 341 Å². The average molecular weight is 1060 g/mol. The summed E-state index contributed by atoms with van der Waals surface area (Å²) in [6.07, 6.45) is 76.9. The Balaban J connectivity index is 4.02. The summed E-state index contributed by atoms with van der Waals surface area (Å²) in [6, 6.07) is 0. The van der Waals surface area contributed by atoms with Crippen LogP contribution in [-0.4, -0.2) is 37.2 Å². The first kappa shape index (κ1) is 73.2. The molecule has 1 unspecified atom stereocenters. The summed E-state index contributed by atoms with van der Waals surface area (Å²) in [6.45, 7) is 6.70. The van der Waals surface area contributed by atoms with Crippen molar-refractivity contribution in [2.45, 2.75) is 399 Å². The molecule has 0 rings (SSSR count). The molecule has 0 aromatic heterocycles. The SMILES string of the molecule is CCCCCCCCCC/C=C\CCCCCCCCCCCCCCCCCCCCCC(=O)OCC(COC(=O)CCCCCCCCCCC)OC(=O)CCCCCCCCCCCCCCCCCCC. The van der Waals surface area contributed by atoms with Crippen LogP contribution in [0, 0.1) is 0 Å². The molecule has 0 radical (unpaired) electrons. The van der Waals surface area contributed by atoms with Crippen molar-refractivity contribution in [2.75, 3.05) is 13.2 Å². The first-order valence-electron chi connectivity index (χ1n) is 34.2. The van der Waals surface area contributed by atoms with Gasteiger partial charge in [-0.3, -0.25) is 14.4 Å². The van der Waals surface area contributed by atoms with Crippen LogP contribution in [0.15, 0.2) is 12.2 Å². The highest BCUT2D eigenvalue weighted by atomic mass is 16.6. The molecule has 0 aromatic carbocycles. The summed E-state index contributed by atoms with van der Waals surface area (Å²) < 4.78 is 16.9. The number of allylic oxidation sites excluding steroid dienone is 2. The molecule has 0 aromatic rings. The molecule has 0 aliphatic heterocycles. The predicted octanol–water partition coefficient (Wildman–Crippen LogP) is 23.2. The minimum Gasteiger partial charge on any atom is -0.462 e. The van der Waals surface area contributed by atoms with Crippen LogP contribution in [0.2, 0.25) is 0 Å². The topological polar surface area (TPSA) is 78.9 Å². The summed E-state index contributed by atoms with van der Waals surface area (Å²) >= 11 is 0. The van der Waals surface area contributed by atoms with Gasteiger partial charge in [-0.25, -0.2) is 0 Å². The third-order valence-corrected chi connectivity index (χ3v) is 15.8. The molecule has 6 heteroatoms. The van der Waals surface area contributed by atoms with Gasteiger partial charge in [-0.05, 0) is 44.9 Å². The van der Waals surface area contributed by atoms with E-state index in [4.69, 9.17) is 14.2 Å². The van der Waals surface area contributed by atoms with E-state index in [1.54, 1.807) is 0 Å². The van der Waals surface area contributed by atoms with E-state index in [0.717, 1.165) is 57.8 Å². The van der Waals surface area contributed by atoms with Crippen LogP contribution in [-0.2, 0) is 28.6 Å². The Labute approximate surface area is 469 Å². The van der Waals surface area contributed by atoms with Gasteiger partial charge in [0.1, 0.15) is 13.2 Å². The maximum absolute atomic E-state index is 12.9. The minimum atomic E-state index is -0.763. The Bertz CT molecular complexity index is 1170. The predicted molar refractivity (Wildman–Crippen MR) is 326 cm³/mol. The summed E-state index contributed by atoms with van der Waals surface area (Å²) in [5, 5.41) is 0. The van der Waals surface area contributed by atoms with Crippen LogP contribution >= 0.6 is 0 Å². The van der Waals surface area contributed by atoms with Crippen molar-refractivity contribution >= 4 is 17.9 Å². The highest BCUT2D eigenvalue weighted by Crippen LogP contribution is 2.19. The molecule has 0 heterocycles. The molecule has 0 spiro atoms. The van der Waals surface area contributed by atoms with Gasteiger partial charge in [0.25, 0.3) is 0 Å². The van der Waals surface area contributed by atoms with Crippen molar-refractivity contribution < 1.29 is 28.6 Å². The van der Waals surface area contributed by atoms with E-state index in [0.29, 0.717) is 19.3 Å². The van der Waals surface area contributed by atoms with Crippen molar-refractivity contribution in [2.24, 2.45) is 0 Å². The second-order valence-corrected chi connectivity index (χ2v) is 23.5. The summed E-state index contributed by atoms with van der Waals surface area (Å²) in [5.41, 5.74) is 0. The first-order chi connectivity index (χ1) is 37.0. The summed E-state index contributed by atoms with van der Waals surface area (Å²) in [5.74, 6) is -0.834. The maximum Gasteiger partial charge on any atom is 0.306 e. The summed E-state index contributed by atoms with van der Waals surface area (Å²) in [7, 11) is 0. The highest BCUT2D eigenvalue weighted by molar-refractivity contribution is 5.71. The fourth-order valence-corrected chi connectivity index (χ4v) is 10.6. The van der Waals surface area contributed by atoms with E-state index in [1.165, 1.54) is 295 Å². The van der Waals surface area contributed by atoms with Crippen molar-refractivity contribution in [1.29, 1.82) is 0 Å². The Morgan fingerprint density at radius 1 is 0.253 bits per heavy atom. The molecule has 0 amide bonds. The number of carbonyl (C=O) groups is 3. The first-order valence-corrected chi connectivity index (χ1v) is 34.2. The van der Waals surface area contributed by atoms with Gasteiger partial charge >= 0.3 is 17.9 Å². The van der Waals surface area contributed by atoms with Crippen LogP contribution in [0.5, 0.6) is 0 Å². The molecule has 75 heavy (non-hydrogen) atoms. The third-order valence-electron chi connectivity index (χ3n) is 15.8. The lowest BCUT2D eigenvalue weighted by Crippen LogP contribution is -2.30. The molecule has 444 valence electrons. The molecule has 0 N–H and O–H groups in total. The number of hydrogen-bond donors (Lipinski definition) is 0. The van der Waals surface area contributed by atoms with Crippen molar-refractivity contribution in [1.82, 2.24) is 0 Å². The molecule has 0 fully saturated rings. The lowest BCUT2D eigenvalue weighted by atomic mass is 10.0. The van der Waals surface area contributed by atoms with Crippen molar-refractivity contribution in [3.63, 3.8) is 0 Å². The van der Waals surface area contributed by atoms with Crippen LogP contribution in [0.1, 0.15) is 393 Å². The normalized spacial score (nSPS) is 12.0. The van der Waals surface area contributed by atoms with E-state index in [1.807, 2.05) is 0 Å². The number of unbranched alkanes of at least 4 members (excludes halogenated alkanes) is 51. The molecule has 0 saturated carbocycles. The maximum atomic E-state index is 12.9. The molecule has 0 saturated heterocycles. The Kier molecular flexibility index (Phi) is 63.1. The van der Waals surface area contributed by atoms with Crippen molar-refractivity contribution in [3.05, 3.63) is 12.2 Å². The monoisotopic (exact) mass is 1060 g/mol.